The molecule has 0 saturated carbocycles. The van der Waals surface area contributed by atoms with Crippen molar-refractivity contribution in [3.63, 3.8) is 0 Å². The van der Waals surface area contributed by atoms with E-state index in [0.29, 0.717) is 25.2 Å². The average Bonchev–Trinajstić information content (AvgIpc) is 2.56. The minimum atomic E-state index is -0.790. The molecular weight excluding hydrogens is 312 g/mol. The lowest BCUT2D eigenvalue weighted by molar-refractivity contribution is -0.137. The number of aryl methyl sites for hydroxylation is 3. The fraction of sp³-hybridized carbons (Fsp3) is 0.333. The topological polar surface area (TPSA) is 64.3 Å². The lowest BCUT2D eigenvalue weighted by Crippen LogP contribution is -2.26. The smallest absolute Gasteiger partial charge is 0.304 e. The normalized spacial score (nSPS) is 10.7. The highest BCUT2D eigenvalue weighted by Crippen LogP contribution is 2.20. The molecular formula is C21H24N2O2. The number of benzene rings is 2. The summed E-state index contributed by atoms with van der Waals surface area (Å²) in [5.74, 6) is -0.790. The Morgan fingerprint density at radius 1 is 1.08 bits per heavy atom. The van der Waals surface area contributed by atoms with Crippen LogP contribution in [0.25, 0.3) is 0 Å². The molecule has 0 heterocycles. The molecule has 0 amide bonds. The molecule has 0 fully saturated rings. The minimum absolute atomic E-state index is 0.111. The summed E-state index contributed by atoms with van der Waals surface area (Å²) in [5, 5.41) is 18.0. The van der Waals surface area contributed by atoms with Gasteiger partial charge in [-0.05, 0) is 55.2 Å². The van der Waals surface area contributed by atoms with Gasteiger partial charge in [-0.1, -0.05) is 29.8 Å². The van der Waals surface area contributed by atoms with Gasteiger partial charge in [-0.2, -0.15) is 5.26 Å². The van der Waals surface area contributed by atoms with Crippen LogP contribution in [0.3, 0.4) is 0 Å². The zero-order valence-corrected chi connectivity index (χ0v) is 15.0. The van der Waals surface area contributed by atoms with Crippen molar-refractivity contribution in [2.45, 2.75) is 40.3 Å². The van der Waals surface area contributed by atoms with Crippen molar-refractivity contribution in [2.24, 2.45) is 0 Å². The molecule has 0 aliphatic carbocycles. The van der Waals surface area contributed by atoms with Gasteiger partial charge in [0.2, 0.25) is 0 Å². The number of aliphatic carboxylic acids is 1. The van der Waals surface area contributed by atoms with Gasteiger partial charge in [0.1, 0.15) is 0 Å². The van der Waals surface area contributed by atoms with Crippen molar-refractivity contribution < 1.29 is 9.90 Å². The number of carbonyl (C=O) groups is 1. The fourth-order valence-corrected chi connectivity index (χ4v) is 3.09. The van der Waals surface area contributed by atoms with E-state index in [0.717, 1.165) is 5.56 Å². The fourth-order valence-electron chi connectivity index (χ4n) is 3.09. The van der Waals surface area contributed by atoms with Crippen molar-refractivity contribution in [3.05, 3.63) is 69.8 Å². The van der Waals surface area contributed by atoms with Crippen LogP contribution in [0.1, 0.15) is 39.8 Å². The van der Waals surface area contributed by atoms with Crippen molar-refractivity contribution in [1.82, 2.24) is 4.90 Å². The first-order valence-corrected chi connectivity index (χ1v) is 8.39. The first-order chi connectivity index (χ1) is 11.9. The molecule has 25 heavy (non-hydrogen) atoms. The summed E-state index contributed by atoms with van der Waals surface area (Å²) in [6.45, 7) is 8.15. The van der Waals surface area contributed by atoms with Crippen LogP contribution in [0.5, 0.6) is 0 Å². The second-order valence-corrected chi connectivity index (χ2v) is 6.54. The zero-order valence-electron chi connectivity index (χ0n) is 15.0. The Hall–Kier alpha value is -2.64. The zero-order chi connectivity index (χ0) is 18.4. The van der Waals surface area contributed by atoms with E-state index in [-0.39, 0.29) is 6.42 Å². The van der Waals surface area contributed by atoms with E-state index in [2.05, 4.69) is 43.9 Å². The SMILES string of the molecule is Cc1cc(C)c(CN(CCC(=O)O)Cc2ccc(C#N)cc2)c(C)c1. The highest BCUT2D eigenvalue weighted by molar-refractivity contribution is 5.66. The van der Waals surface area contributed by atoms with Crippen molar-refractivity contribution in [3.8, 4) is 6.07 Å². The first-order valence-electron chi connectivity index (χ1n) is 8.39. The van der Waals surface area contributed by atoms with E-state index in [1.54, 1.807) is 12.1 Å². The summed E-state index contributed by atoms with van der Waals surface area (Å²) in [6.07, 6.45) is 0.111. The van der Waals surface area contributed by atoms with E-state index in [4.69, 9.17) is 10.4 Å². The van der Waals surface area contributed by atoms with E-state index in [9.17, 15) is 4.79 Å². The first kappa shape index (κ1) is 18.7. The highest BCUT2D eigenvalue weighted by atomic mass is 16.4. The molecule has 1 N–H and O–H groups in total. The maximum absolute atomic E-state index is 11.0. The van der Waals surface area contributed by atoms with Crippen LogP contribution >= 0.6 is 0 Å². The van der Waals surface area contributed by atoms with E-state index < -0.39 is 5.97 Å². The summed E-state index contributed by atoms with van der Waals surface area (Å²) < 4.78 is 0. The van der Waals surface area contributed by atoms with Crippen molar-refractivity contribution in [1.29, 1.82) is 5.26 Å². The molecule has 0 unspecified atom stereocenters. The Morgan fingerprint density at radius 3 is 2.20 bits per heavy atom. The van der Waals surface area contributed by atoms with Crippen LogP contribution in [-0.4, -0.2) is 22.5 Å². The molecule has 0 spiro atoms. The predicted octanol–water partition coefficient (Wildman–Crippen LogP) is 3.96. The monoisotopic (exact) mass is 336 g/mol. The number of carboxylic acid groups (broad SMARTS) is 1. The predicted molar refractivity (Wildman–Crippen MR) is 98.2 cm³/mol. The molecule has 130 valence electrons. The van der Waals surface area contributed by atoms with Crippen LogP contribution < -0.4 is 0 Å². The molecule has 0 aliphatic heterocycles. The summed E-state index contributed by atoms with van der Waals surface area (Å²) in [6, 6.07) is 13.9. The molecule has 2 aromatic rings. The number of hydrogen-bond acceptors (Lipinski definition) is 3. The quantitative estimate of drug-likeness (QED) is 0.831. The van der Waals surface area contributed by atoms with Crippen LogP contribution in [0, 0.1) is 32.1 Å². The second-order valence-electron chi connectivity index (χ2n) is 6.54. The molecule has 0 radical (unpaired) electrons. The summed E-state index contributed by atoms with van der Waals surface area (Å²) in [4.78, 5) is 13.2. The maximum Gasteiger partial charge on any atom is 0.304 e. The Kier molecular flexibility index (Phi) is 6.32. The summed E-state index contributed by atoms with van der Waals surface area (Å²) >= 11 is 0. The van der Waals surface area contributed by atoms with Crippen molar-refractivity contribution >= 4 is 5.97 Å². The van der Waals surface area contributed by atoms with Gasteiger partial charge in [0.25, 0.3) is 0 Å². The molecule has 0 aliphatic rings. The Balaban J connectivity index is 2.20. The lowest BCUT2D eigenvalue weighted by Gasteiger charge is -2.24. The number of carboxylic acids is 1. The van der Waals surface area contributed by atoms with Crippen LogP contribution in [-0.2, 0) is 17.9 Å². The highest BCUT2D eigenvalue weighted by Gasteiger charge is 2.13. The van der Waals surface area contributed by atoms with Gasteiger partial charge in [-0.15, -0.1) is 0 Å². The summed E-state index contributed by atoms with van der Waals surface area (Å²) in [5.41, 5.74) is 6.67. The standard InChI is InChI=1S/C21H24N2O2/c1-15-10-16(2)20(17(3)11-15)14-23(9-8-21(24)25)13-19-6-4-18(12-22)5-7-19/h4-7,10-11H,8-9,13-14H2,1-3H3,(H,24,25). The molecule has 0 saturated heterocycles. The lowest BCUT2D eigenvalue weighted by atomic mass is 9.99. The Labute approximate surface area is 149 Å². The third-order valence-corrected chi connectivity index (χ3v) is 4.35. The van der Waals surface area contributed by atoms with E-state index >= 15 is 0 Å². The van der Waals surface area contributed by atoms with E-state index in [1.165, 1.54) is 22.3 Å². The molecule has 4 heteroatoms. The third kappa shape index (κ3) is 5.44. The van der Waals surface area contributed by atoms with Gasteiger partial charge in [0, 0.05) is 19.6 Å². The molecule has 0 atom stereocenters. The molecule has 0 bridgehead atoms. The largest absolute Gasteiger partial charge is 0.481 e. The second kappa shape index (κ2) is 8.46. The number of nitrogens with zero attached hydrogens (tertiary/aromatic N) is 2. The van der Waals surface area contributed by atoms with E-state index in [1.807, 2.05) is 12.1 Å². The van der Waals surface area contributed by atoms with Crippen molar-refractivity contribution in [2.75, 3.05) is 6.54 Å². The molecule has 0 aromatic heterocycles. The van der Waals surface area contributed by atoms with Gasteiger partial charge < -0.3 is 5.11 Å². The van der Waals surface area contributed by atoms with Crippen LogP contribution in [0.15, 0.2) is 36.4 Å². The summed E-state index contributed by atoms with van der Waals surface area (Å²) in [7, 11) is 0. The number of nitriles is 1. The van der Waals surface area contributed by atoms with Crippen LogP contribution in [0.2, 0.25) is 0 Å². The maximum atomic E-state index is 11.0. The Bertz CT molecular complexity index is 766. The molecule has 2 rings (SSSR count). The average molecular weight is 336 g/mol. The number of rotatable bonds is 7. The van der Waals surface area contributed by atoms with Gasteiger partial charge in [0.15, 0.2) is 0 Å². The number of hydrogen-bond donors (Lipinski definition) is 1. The Morgan fingerprint density at radius 2 is 1.68 bits per heavy atom. The van der Waals surface area contributed by atoms with Gasteiger partial charge in [0.05, 0.1) is 18.1 Å². The minimum Gasteiger partial charge on any atom is -0.481 e. The third-order valence-electron chi connectivity index (χ3n) is 4.35. The van der Waals surface area contributed by atoms with Gasteiger partial charge in [-0.25, -0.2) is 0 Å². The van der Waals surface area contributed by atoms with Gasteiger partial charge in [-0.3, -0.25) is 9.69 Å². The molecule has 4 nitrogen and oxygen atoms in total. The van der Waals surface area contributed by atoms with Gasteiger partial charge >= 0.3 is 5.97 Å². The van der Waals surface area contributed by atoms with Crippen LogP contribution in [0.4, 0.5) is 0 Å². The molecule has 2 aromatic carbocycles.